The van der Waals surface area contributed by atoms with E-state index >= 15 is 0 Å². The molecule has 1 atom stereocenters. The summed E-state index contributed by atoms with van der Waals surface area (Å²) in [5, 5.41) is 2.41. The van der Waals surface area contributed by atoms with Crippen LogP contribution in [0.2, 0.25) is 0 Å². The summed E-state index contributed by atoms with van der Waals surface area (Å²) in [6.45, 7) is -1.30. The lowest BCUT2D eigenvalue weighted by Crippen LogP contribution is -2.30. The third-order valence-electron chi connectivity index (χ3n) is 3.58. The number of halogens is 2. The van der Waals surface area contributed by atoms with E-state index in [2.05, 4.69) is 10.1 Å². The highest BCUT2D eigenvalue weighted by atomic mass is 19.3. The maximum absolute atomic E-state index is 12.4. The van der Waals surface area contributed by atoms with Gasteiger partial charge in [-0.25, -0.2) is 0 Å². The molecular weight excluding hydrogens is 372 g/mol. The van der Waals surface area contributed by atoms with E-state index in [-0.39, 0.29) is 17.9 Å². The molecule has 0 aliphatic rings. The average Bonchev–Trinajstić information content (AvgIpc) is 2.67. The van der Waals surface area contributed by atoms with Crippen molar-refractivity contribution < 1.29 is 32.6 Å². The van der Waals surface area contributed by atoms with Gasteiger partial charge in [0.2, 0.25) is 0 Å². The minimum absolute atomic E-state index is 0.0620. The van der Waals surface area contributed by atoms with Crippen molar-refractivity contribution in [2.24, 2.45) is 0 Å². The Balaban J connectivity index is 1.75. The molecule has 1 amide bonds. The molecule has 0 saturated carbocycles. The van der Waals surface area contributed by atoms with Crippen molar-refractivity contribution in [3.63, 3.8) is 0 Å². The molecule has 0 aliphatic heterocycles. The number of alkyl halides is 2. The molecule has 0 fully saturated rings. The molecule has 8 heteroatoms. The summed E-state index contributed by atoms with van der Waals surface area (Å²) in [7, 11) is 0. The van der Waals surface area contributed by atoms with Crippen LogP contribution in [0.5, 0.6) is 11.5 Å². The van der Waals surface area contributed by atoms with Gasteiger partial charge in [0.25, 0.3) is 5.91 Å². The van der Waals surface area contributed by atoms with E-state index in [1.165, 1.54) is 25.1 Å². The molecule has 6 nitrogen and oxygen atoms in total. The number of para-hydroxylation sites is 3. The quantitative estimate of drug-likeness (QED) is 0.488. The van der Waals surface area contributed by atoms with Crippen LogP contribution in [0.15, 0.2) is 54.6 Å². The molecule has 28 heavy (non-hydrogen) atoms. The summed E-state index contributed by atoms with van der Waals surface area (Å²) in [6.07, 6.45) is -0.593. The standard InChI is InChI=1S/C20H21F2NO5/c1-14(19(25)23-16-10-5-6-11-17(16)28-20(21)22)27-18(24)12-7-13-26-15-8-3-2-4-9-15/h2-6,8-11,14,20H,7,12-13H2,1H3,(H,23,25). The van der Waals surface area contributed by atoms with Crippen LogP contribution in [0, 0.1) is 0 Å². The van der Waals surface area contributed by atoms with Crippen LogP contribution < -0.4 is 14.8 Å². The van der Waals surface area contributed by atoms with Crippen LogP contribution in [0.4, 0.5) is 14.5 Å². The zero-order chi connectivity index (χ0) is 20.4. The van der Waals surface area contributed by atoms with Gasteiger partial charge in [-0.1, -0.05) is 30.3 Å². The Kier molecular flexibility index (Phi) is 8.20. The summed E-state index contributed by atoms with van der Waals surface area (Å²) in [4.78, 5) is 24.0. The van der Waals surface area contributed by atoms with E-state index in [1.807, 2.05) is 18.2 Å². The van der Waals surface area contributed by atoms with E-state index in [1.54, 1.807) is 18.2 Å². The first-order chi connectivity index (χ1) is 13.5. The number of anilines is 1. The molecule has 0 aliphatic carbocycles. The molecule has 150 valence electrons. The van der Waals surface area contributed by atoms with Gasteiger partial charge in [0.15, 0.2) is 6.10 Å². The Morgan fingerprint density at radius 1 is 1.04 bits per heavy atom. The van der Waals surface area contributed by atoms with E-state index in [9.17, 15) is 18.4 Å². The number of hydrogen-bond acceptors (Lipinski definition) is 5. The topological polar surface area (TPSA) is 73.9 Å². The average molecular weight is 393 g/mol. The van der Waals surface area contributed by atoms with Crippen molar-refractivity contribution in [1.29, 1.82) is 0 Å². The van der Waals surface area contributed by atoms with Crippen LogP contribution in [0.25, 0.3) is 0 Å². The third-order valence-corrected chi connectivity index (χ3v) is 3.58. The first-order valence-corrected chi connectivity index (χ1v) is 8.67. The summed E-state index contributed by atoms with van der Waals surface area (Å²) >= 11 is 0. The van der Waals surface area contributed by atoms with E-state index in [4.69, 9.17) is 9.47 Å². The van der Waals surface area contributed by atoms with Crippen molar-refractivity contribution in [2.45, 2.75) is 32.5 Å². The van der Waals surface area contributed by atoms with Gasteiger partial charge in [-0.3, -0.25) is 9.59 Å². The molecule has 0 bridgehead atoms. The van der Waals surface area contributed by atoms with Gasteiger partial charge in [-0.15, -0.1) is 0 Å². The predicted molar refractivity (Wildman–Crippen MR) is 98.4 cm³/mol. The smallest absolute Gasteiger partial charge is 0.387 e. The fourth-order valence-corrected chi connectivity index (χ4v) is 2.24. The number of esters is 1. The van der Waals surface area contributed by atoms with Gasteiger partial charge in [0, 0.05) is 6.42 Å². The van der Waals surface area contributed by atoms with Crippen LogP contribution in [0.3, 0.4) is 0 Å². The van der Waals surface area contributed by atoms with Crippen molar-refractivity contribution in [2.75, 3.05) is 11.9 Å². The Hall–Kier alpha value is -3.16. The number of carbonyl (C=O) groups is 2. The number of hydrogen-bond donors (Lipinski definition) is 1. The number of carbonyl (C=O) groups excluding carboxylic acids is 2. The fraction of sp³-hybridized carbons (Fsp3) is 0.300. The Labute approximate surface area is 161 Å². The first kappa shape index (κ1) is 21.1. The highest BCUT2D eigenvalue weighted by Gasteiger charge is 2.19. The van der Waals surface area contributed by atoms with Gasteiger partial charge in [0.1, 0.15) is 11.5 Å². The van der Waals surface area contributed by atoms with Gasteiger partial charge in [0.05, 0.1) is 12.3 Å². The van der Waals surface area contributed by atoms with Crippen molar-refractivity contribution in [1.82, 2.24) is 0 Å². The zero-order valence-electron chi connectivity index (χ0n) is 15.3. The normalized spacial score (nSPS) is 11.6. The SMILES string of the molecule is CC(OC(=O)CCCOc1ccccc1)C(=O)Nc1ccccc1OC(F)F. The second kappa shape index (κ2) is 10.9. The van der Waals surface area contributed by atoms with Crippen molar-refractivity contribution in [3.8, 4) is 11.5 Å². The zero-order valence-corrected chi connectivity index (χ0v) is 15.3. The number of nitrogens with one attached hydrogen (secondary N) is 1. The molecule has 1 unspecified atom stereocenters. The maximum atomic E-state index is 12.4. The molecule has 1 N–H and O–H groups in total. The van der Waals surface area contributed by atoms with Crippen molar-refractivity contribution >= 4 is 17.6 Å². The molecule has 0 spiro atoms. The molecule has 2 rings (SSSR count). The molecule has 0 saturated heterocycles. The van der Waals surface area contributed by atoms with E-state index in [0.29, 0.717) is 18.8 Å². The fourth-order valence-electron chi connectivity index (χ4n) is 2.24. The van der Waals surface area contributed by atoms with Crippen LogP contribution in [-0.4, -0.2) is 31.2 Å². The maximum Gasteiger partial charge on any atom is 0.387 e. The minimum atomic E-state index is -3.02. The summed E-state index contributed by atoms with van der Waals surface area (Å²) in [5.41, 5.74) is 0.0620. The molecule has 0 aromatic heterocycles. The number of amides is 1. The second-order valence-corrected chi connectivity index (χ2v) is 5.76. The first-order valence-electron chi connectivity index (χ1n) is 8.67. The van der Waals surface area contributed by atoms with E-state index in [0.717, 1.165) is 0 Å². The monoisotopic (exact) mass is 393 g/mol. The molecule has 0 radical (unpaired) electrons. The Bertz CT molecular complexity index is 770. The lowest BCUT2D eigenvalue weighted by Gasteiger charge is -2.15. The van der Waals surface area contributed by atoms with Gasteiger partial charge in [-0.05, 0) is 37.6 Å². The molecule has 2 aromatic rings. The predicted octanol–water partition coefficient (Wildman–Crippen LogP) is 4.02. The van der Waals surface area contributed by atoms with Crippen molar-refractivity contribution in [3.05, 3.63) is 54.6 Å². The largest absolute Gasteiger partial charge is 0.494 e. The van der Waals surface area contributed by atoms with Crippen LogP contribution >= 0.6 is 0 Å². The lowest BCUT2D eigenvalue weighted by atomic mass is 10.2. The van der Waals surface area contributed by atoms with Gasteiger partial charge >= 0.3 is 12.6 Å². The van der Waals surface area contributed by atoms with Crippen LogP contribution in [0.1, 0.15) is 19.8 Å². The molecule has 2 aromatic carbocycles. The third kappa shape index (κ3) is 7.22. The number of benzene rings is 2. The lowest BCUT2D eigenvalue weighted by molar-refractivity contribution is -0.153. The Morgan fingerprint density at radius 3 is 2.43 bits per heavy atom. The number of rotatable bonds is 10. The van der Waals surface area contributed by atoms with Gasteiger partial charge in [-0.2, -0.15) is 8.78 Å². The Morgan fingerprint density at radius 2 is 1.71 bits per heavy atom. The number of ether oxygens (including phenoxy) is 3. The minimum Gasteiger partial charge on any atom is -0.494 e. The highest BCUT2D eigenvalue weighted by molar-refractivity contribution is 5.96. The molecule has 0 heterocycles. The second-order valence-electron chi connectivity index (χ2n) is 5.76. The molecular formula is C20H21F2NO5. The highest BCUT2D eigenvalue weighted by Crippen LogP contribution is 2.25. The summed E-state index contributed by atoms with van der Waals surface area (Å²) in [5.74, 6) is -0.689. The summed E-state index contributed by atoms with van der Waals surface area (Å²) in [6, 6.07) is 14.9. The summed E-state index contributed by atoms with van der Waals surface area (Å²) < 4.78 is 39.7. The van der Waals surface area contributed by atoms with Gasteiger partial charge < -0.3 is 19.5 Å². The van der Waals surface area contributed by atoms with E-state index < -0.39 is 24.6 Å². The van der Waals surface area contributed by atoms with Crippen LogP contribution in [-0.2, 0) is 14.3 Å².